The number of pyridine rings is 1. The summed E-state index contributed by atoms with van der Waals surface area (Å²) in [6.45, 7) is 0.167. The molecule has 34 heavy (non-hydrogen) atoms. The van der Waals surface area contributed by atoms with Gasteiger partial charge in [-0.2, -0.15) is 0 Å². The van der Waals surface area contributed by atoms with Gasteiger partial charge in [-0.05, 0) is 43.0 Å². The number of nitrogens with zero attached hydrogens (tertiary/aromatic N) is 4. The summed E-state index contributed by atoms with van der Waals surface area (Å²) in [7, 11) is 1.85. The average molecular weight is 463 g/mol. The molecule has 2 heterocycles. The molecule has 0 amide bonds. The van der Waals surface area contributed by atoms with Crippen molar-refractivity contribution < 1.29 is 19.0 Å². The van der Waals surface area contributed by atoms with E-state index >= 15 is 0 Å². The molecule has 1 saturated carbocycles. The summed E-state index contributed by atoms with van der Waals surface area (Å²) in [6, 6.07) is 9.74. The van der Waals surface area contributed by atoms with Crippen molar-refractivity contribution in [2.75, 3.05) is 18.5 Å². The zero-order valence-electron chi connectivity index (χ0n) is 19.1. The van der Waals surface area contributed by atoms with Crippen LogP contribution in [0, 0.1) is 5.82 Å². The summed E-state index contributed by atoms with van der Waals surface area (Å²) in [5.41, 5.74) is 3.32. The highest BCUT2D eigenvalue weighted by Crippen LogP contribution is 2.32. The Morgan fingerprint density at radius 2 is 2.06 bits per heavy atom. The molecule has 7 nitrogen and oxygen atoms in total. The third kappa shape index (κ3) is 4.92. The van der Waals surface area contributed by atoms with Crippen molar-refractivity contribution in [2.45, 2.75) is 50.7 Å². The van der Waals surface area contributed by atoms with E-state index in [0.29, 0.717) is 35.7 Å². The van der Waals surface area contributed by atoms with E-state index in [-0.39, 0.29) is 36.8 Å². The predicted molar refractivity (Wildman–Crippen MR) is 125 cm³/mol. The summed E-state index contributed by atoms with van der Waals surface area (Å²) in [6.07, 6.45) is 5.54. The van der Waals surface area contributed by atoms with Crippen molar-refractivity contribution in [1.29, 1.82) is 0 Å². The second kappa shape index (κ2) is 9.46. The number of ether oxygens (including phenoxy) is 1. The lowest BCUT2D eigenvalue weighted by molar-refractivity contribution is -0.117. The SMILES string of the molecule is CN(CC(=O)Cc1cccc(F)c1)c1nc(-c2cc(OC3CC(O)C3)ccn2)nc2c1CCC2. The molecule has 2 aliphatic rings. The second-order valence-electron chi connectivity index (χ2n) is 9.09. The number of carbonyl (C=O) groups excluding carboxylic acids is 1. The number of hydrogen-bond acceptors (Lipinski definition) is 7. The highest BCUT2D eigenvalue weighted by atomic mass is 19.1. The molecule has 8 heteroatoms. The van der Waals surface area contributed by atoms with Crippen LogP contribution in [0.15, 0.2) is 42.6 Å². The Morgan fingerprint density at radius 1 is 1.21 bits per heavy atom. The standard InChI is InChI=1S/C26H27FN4O3/c1-31(15-19(33)11-16-4-2-5-17(27)10-16)26-22-6-3-7-23(22)29-25(30-26)24-14-20(8-9-28-24)34-21-12-18(32)13-21/h2,4-5,8-10,14,18,21,32H,3,6-7,11-13,15H2,1H3. The fraction of sp³-hybridized carbons (Fsp3) is 0.385. The minimum atomic E-state index is -0.343. The second-order valence-corrected chi connectivity index (χ2v) is 9.09. The number of likely N-dealkylation sites (N-methyl/N-ethyl adjacent to an activating group) is 1. The Bertz CT molecular complexity index is 1210. The Hall–Kier alpha value is -3.39. The van der Waals surface area contributed by atoms with Crippen molar-refractivity contribution in [3.8, 4) is 17.3 Å². The number of halogens is 1. The number of rotatable bonds is 8. The smallest absolute Gasteiger partial charge is 0.180 e. The quantitative estimate of drug-likeness (QED) is 0.549. The minimum Gasteiger partial charge on any atom is -0.490 e. The Balaban J connectivity index is 1.36. The van der Waals surface area contributed by atoms with Crippen molar-refractivity contribution in [3.05, 3.63) is 65.2 Å². The molecule has 2 aliphatic carbocycles. The van der Waals surface area contributed by atoms with Crippen LogP contribution < -0.4 is 9.64 Å². The minimum absolute atomic E-state index is 0.0111. The molecule has 0 bridgehead atoms. The molecular formula is C26H27FN4O3. The van der Waals surface area contributed by atoms with Gasteiger partial charge in [-0.1, -0.05) is 12.1 Å². The number of hydrogen-bond donors (Lipinski definition) is 1. The van der Waals surface area contributed by atoms with Gasteiger partial charge in [0.15, 0.2) is 11.6 Å². The fourth-order valence-electron chi connectivity index (χ4n) is 4.55. The molecule has 0 atom stereocenters. The van der Waals surface area contributed by atoms with Crippen molar-refractivity contribution in [2.24, 2.45) is 0 Å². The first-order valence-electron chi connectivity index (χ1n) is 11.6. The van der Waals surface area contributed by atoms with E-state index in [9.17, 15) is 14.3 Å². The number of aliphatic hydroxyl groups is 1. The van der Waals surface area contributed by atoms with E-state index in [1.165, 1.54) is 12.1 Å². The van der Waals surface area contributed by atoms with Crippen molar-refractivity contribution >= 4 is 11.6 Å². The van der Waals surface area contributed by atoms with Gasteiger partial charge in [0.05, 0.1) is 12.6 Å². The van der Waals surface area contributed by atoms with Gasteiger partial charge >= 0.3 is 0 Å². The number of fused-ring (bicyclic) bond motifs is 1. The van der Waals surface area contributed by atoms with Crippen LogP contribution in [0.25, 0.3) is 11.5 Å². The van der Waals surface area contributed by atoms with E-state index in [1.54, 1.807) is 24.4 Å². The number of Topliss-reactive ketones (excluding diaryl/α,β-unsaturated/α-hetero) is 1. The molecule has 1 fully saturated rings. The lowest BCUT2D eigenvalue weighted by Crippen LogP contribution is -2.37. The van der Waals surface area contributed by atoms with E-state index < -0.39 is 0 Å². The lowest BCUT2D eigenvalue weighted by Gasteiger charge is -2.31. The number of ketones is 1. The van der Waals surface area contributed by atoms with Crippen LogP contribution in [0.3, 0.4) is 0 Å². The fourth-order valence-corrected chi connectivity index (χ4v) is 4.55. The third-order valence-corrected chi connectivity index (χ3v) is 6.31. The van der Waals surface area contributed by atoms with Crippen LogP contribution in [0.4, 0.5) is 10.2 Å². The van der Waals surface area contributed by atoms with E-state index in [4.69, 9.17) is 14.7 Å². The molecule has 0 aliphatic heterocycles. The largest absolute Gasteiger partial charge is 0.490 e. The highest BCUT2D eigenvalue weighted by Gasteiger charge is 2.29. The number of aliphatic hydroxyl groups excluding tert-OH is 1. The van der Waals surface area contributed by atoms with E-state index in [1.807, 2.05) is 18.0 Å². The van der Waals surface area contributed by atoms with Crippen molar-refractivity contribution in [1.82, 2.24) is 15.0 Å². The lowest BCUT2D eigenvalue weighted by atomic mass is 9.92. The van der Waals surface area contributed by atoms with E-state index in [2.05, 4.69) is 4.98 Å². The van der Waals surface area contributed by atoms with Gasteiger partial charge in [-0.25, -0.2) is 14.4 Å². The van der Waals surface area contributed by atoms with Gasteiger partial charge in [0.2, 0.25) is 0 Å². The van der Waals surface area contributed by atoms with Gasteiger partial charge in [-0.15, -0.1) is 0 Å². The molecule has 176 valence electrons. The molecular weight excluding hydrogens is 435 g/mol. The summed E-state index contributed by atoms with van der Waals surface area (Å²) >= 11 is 0. The molecule has 0 spiro atoms. The molecule has 0 saturated heterocycles. The first kappa shape index (κ1) is 22.4. The van der Waals surface area contributed by atoms with Crippen LogP contribution in [0.2, 0.25) is 0 Å². The number of aryl methyl sites for hydroxylation is 1. The van der Waals surface area contributed by atoms with Crippen LogP contribution in [-0.2, 0) is 24.1 Å². The third-order valence-electron chi connectivity index (χ3n) is 6.31. The van der Waals surface area contributed by atoms with Crippen LogP contribution in [0.5, 0.6) is 5.75 Å². The maximum absolute atomic E-state index is 13.5. The molecule has 0 unspecified atom stereocenters. The Kier molecular flexibility index (Phi) is 6.24. The van der Waals surface area contributed by atoms with Gasteiger partial charge in [-0.3, -0.25) is 9.78 Å². The van der Waals surface area contributed by atoms with Gasteiger partial charge in [0.25, 0.3) is 0 Å². The maximum atomic E-state index is 13.5. The number of aromatic nitrogens is 3. The monoisotopic (exact) mass is 462 g/mol. The predicted octanol–water partition coefficient (Wildman–Crippen LogP) is 3.32. The molecule has 0 radical (unpaired) electrons. The van der Waals surface area contributed by atoms with Crippen LogP contribution in [0.1, 0.15) is 36.1 Å². The first-order chi connectivity index (χ1) is 16.4. The molecule has 2 aromatic heterocycles. The zero-order chi connectivity index (χ0) is 23.7. The summed E-state index contributed by atoms with van der Waals surface area (Å²) in [5.74, 6) is 1.55. The van der Waals surface area contributed by atoms with Crippen LogP contribution in [-0.4, -0.2) is 51.6 Å². The Morgan fingerprint density at radius 3 is 2.85 bits per heavy atom. The van der Waals surface area contributed by atoms with E-state index in [0.717, 1.165) is 36.3 Å². The summed E-state index contributed by atoms with van der Waals surface area (Å²) in [4.78, 5) is 28.6. The van der Waals surface area contributed by atoms with Crippen molar-refractivity contribution in [3.63, 3.8) is 0 Å². The number of carbonyl (C=O) groups is 1. The normalized spacial score (nSPS) is 18.8. The first-order valence-corrected chi connectivity index (χ1v) is 11.6. The zero-order valence-corrected chi connectivity index (χ0v) is 19.1. The average Bonchev–Trinajstić information content (AvgIpc) is 3.26. The van der Waals surface area contributed by atoms with Gasteiger partial charge < -0.3 is 14.7 Å². The van der Waals surface area contributed by atoms with Crippen LogP contribution >= 0.6 is 0 Å². The van der Waals surface area contributed by atoms with Gasteiger partial charge in [0, 0.05) is 49.8 Å². The molecule has 1 aromatic carbocycles. The number of anilines is 1. The molecule has 5 rings (SSSR count). The van der Waals surface area contributed by atoms with Gasteiger partial charge in [0.1, 0.15) is 29.2 Å². The topological polar surface area (TPSA) is 88.4 Å². The molecule has 3 aromatic rings. The summed E-state index contributed by atoms with van der Waals surface area (Å²) < 4.78 is 19.4. The molecule has 1 N–H and O–H groups in total. The Labute approximate surface area is 197 Å². The summed E-state index contributed by atoms with van der Waals surface area (Å²) in [5, 5.41) is 9.50. The number of benzene rings is 1. The maximum Gasteiger partial charge on any atom is 0.180 e. The highest BCUT2D eigenvalue weighted by molar-refractivity contribution is 5.85.